The summed E-state index contributed by atoms with van der Waals surface area (Å²) >= 11 is 1.75. The van der Waals surface area contributed by atoms with E-state index in [1.54, 1.807) is 11.3 Å². The minimum Gasteiger partial charge on any atom is -0.310 e. The quantitative estimate of drug-likeness (QED) is 0.723. The predicted molar refractivity (Wildman–Crippen MR) is 88.4 cm³/mol. The van der Waals surface area contributed by atoms with Gasteiger partial charge in [-0.25, -0.2) is 4.98 Å². The van der Waals surface area contributed by atoms with Gasteiger partial charge in [0.2, 0.25) is 0 Å². The highest BCUT2D eigenvalue weighted by Crippen LogP contribution is 2.11. The lowest BCUT2D eigenvalue weighted by atomic mass is 10.2. The molecule has 0 amide bonds. The Morgan fingerprint density at radius 2 is 2.10 bits per heavy atom. The van der Waals surface area contributed by atoms with Crippen molar-refractivity contribution in [1.29, 1.82) is 0 Å². The van der Waals surface area contributed by atoms with Gasteiger partial charge in [0, 0.05) is 37.4 Å². The van der Waals surface area contributed by atoms with Crippen molar-refractivity contribution in [2.24, 2.45) is 0 Å². The molecule has 5 heteroatoms. The largest absolute Gasteiger partial charge is 0.310 e. The molecule has 0 aliphatic heterocycles. The number of hydrogen-bond donors (Lipinski definition) is 1. The smallest absolute Gasteiger partial charge is 0.107 e. The number of nitrogens with one attached hydrogen (secondary N) is 1. The molecule has 4 nitrogen and oxygen atoms in total. The first kappa shape index (κ1) is 16.1. The van der Waals surface area contributed by atoms with Crippen molar-refractivity contribution < 1.29 is 0 Å². The number of aromatic nitrogens is 2. The first-order valence-corrected chi connectivity index (χ1v) is 8.37. The number of rotatable bonds is 9. The van der Waals surface area contributed by atoms with Crippen LogP contribution in [-0.4, -0.2) is 35.0 Å². The molecule has 2 heterocycles. The molecular formula is C16H24N4S. The van der Waals surface area contributed by atoms with Crippen molar-refractivity contribution in [3.8, 4) is 0 Å². The van der Waals surface area contributed by atoms with E-state index in [1.165, 1.54) is 16.3 Å². The normalized spacial score (nSPS) is 11.2. The van der Waals surface area contributed by atoms with E-state index in [1.807, 2.05) is 12.4 Å². The summed E-state index contributed by atoms with van der Waals surface area (Å²) in [4.78, 5) is 11.0. The molecule has 2 aromatic rings. The van der Waals surface area contributed by atoms with Crippen LogP contribution in [0.2, 0.25) is 0 Å². The van der Waals surface area contributed by atoms with Crippen LogP contribution in [0.5, 0.6) is 0 Å². The first-order chi connectivity index (χ1) is 10.3. The molecule has 114 valence electrons. The topological polar surface area (TPSA) is 41.1 Å². The van der Waals surface area contributed by atoms with Gasteiger partial charge in [-0.15, -0.1) is 11.3 Å². The van der Waals surface area contributed by atoms with Crippen molar-refractivity contribution in [1.82, 2.24) is 20.2 Å². The molecule has 2 rings (SSSR count). The number of thiazole rings is 1. The Bertz CT molecular complexity index is 512. The molecule has 0 saturated carbocycles. The van der Waals surface area contributed by atoms with Gasteiger partial charge >= 0.3 is 0 Å². The van der Waals surface area contributed by atoms with E-state index in [2.05, 4.69) is 51.7 Å². The van der Waals surface area contributed by atoms with Crippen molar-refractivity contribution in [3.05, 3.63) is 46.2 Å². The predicted octanol–water partition coefficient (Wildman–Crippen LogP) is 2.71. The Morgan fingerprint density at radius 3 is 2.86 bits per heavy atom. The highest BCUT2D eigenvalue weighted by atomic mass is 32.1. The molecule has 0 fully saturated rings. The van der Waals surface area contributed by atoms with Gasteiger partial charge in [-0.1, -0.05) is 6.92 Å². The van der Waals surface area contributed by atoms with Crippen LogP contribution < -0.4 is 5.32 Å². The number of pyridine rings is 1. The van der Waals surface area contributed by atoms with E-state index in [-0.39, 0.29) is 0 Å². The Morgan fingerprint density at radius 1 is 1.29 bits per heavy atom. The third kappa shape index (κ3) is 5.91. The van der Waals surface area contributed by atoms with Gasteiger partial charge in [-0.05, 0) is 44.1 Å². The molecule has 0 aliphatic carbocycles. The molecular weight excluding hydrogens is 280 g/mol. The molecule has 21 heavy (non-hydrogen) atoms. The van der Waals surface area contributed by atoms with E-state index in [0.717, 1.165) is 39.0 Å². The van der Waals surface area contributed by atoms with Gasteiger partial charge in [0.1, 0.15) is 5.01 Å². The second-order valence-corrected chi connectivity index (χ2v) is 6.20. The molecule has 2 aromatic heterocycles. The van der Waals surface area contributed by atoms with Gasteiger partial charge in [-0.2, -0.15) is 0 Å². The summed E-state index contributed by atoms with van der Waals surface area (Å²) in [6.07, 6.45) is 5.92. The van der Waals surface area contributed by atoms with Crippen LogP contribution in [0.3, 0.4) is 0 Å². The third-order valence-corrected chi connectivity index (χ3v) is 4.16. The second kappa shape index (κ2) is 8.87. The highest BCUT2D eigenvalue weighted by molar-refractivity contribution is 7.09. The van der Waals surface area contributed by atoms with Gasteiger partial charge < -0.3 is 10.2 Å². The SMILES string of the molecule is CCCNCc1nc(CN(C)CCc2ccncc2)cs1. The highest BCUT2D eigenvalue weighted by Gasteiger charge is 2.05. The fraction of sp³-hybridized carbons (Fsp3) is 0.500. The Labute approximate surface area is 131 Å². The fourth-order valence-corrected chi connectivity index (χ4v) is 2.85. The van der Waals surface area contributed by atoms with E-state index < -0.39 is 0 Å². The molecule has 0 aliphatic rings. The average molecular weight is 304 g/mol. The third-order valence-electron chi connectivity index (χ3n) is 3.27. The van der Waals surface area contributed by atoms with Crippen molar-refractivity contribution in [3.63, 3.8) is 0 Å². The molecule has 0 unspecified atom stereocenters. The van der Waals surface area contributed by atoms with Crippen LogP contribution in [0.1, 0.15) is 29.6 Å². The zero-order chi connectivity index (χ0) is 14.9. The van der Waals surface area contributed by atoms with Gasteiger partial charge in [0.15, 0.2) is 0 Å². The van der Waals surface area contributed by atoms with Crippen LogP contribution >= 0.6 is 11.3 Å². The van der Waals surface area contributed by atoms with E-state index in [0.29, 0.717) is 0 Å². The molecule has 0 saturated heterocycles. The Hall–Kier alpha value is -1.30. The van der Waals surface area contributed by atoms with E-state index in [9.17, 15) is 0 Å². The van der Waals surface area contributed by atoms with Gasteiger partial charge in [0.05, 0.1) is 5.69 Å². The lowest BCUT2D eigenvalue weighted by Crippen LogP contribution is -2.21. The van der Waals surface area contributed by atoms with Crippen LogP contribution in [-0.2, 0) is 19.5 Å². The van der Waals surface area contributed by atoms with Crippen LogP contribution in [0, 0.1) is 0 Å². The Kier molecular flexibility index (Phi) is 6.79. The average Bonchev–Trinajstić information content (AvgIpc) is 2.94. The van der Waals surface area contributed by atoms with Crippen LogP contribution in [0.15, 0.2) is 29.9 Å². The molecule has 0 atom stereocenters. The lowest BCUT2D eigenvalue weighted by molar-refractivity contribution is 0.327. The number of nitrogens with zero attached hydrogens (tertiary/aromatic N) is 3. The van der Waals surface area contributed by atoms with Gasteiger partial charge in [0.25, 0.3) is 0 Å². The van der Waals surface area contributed by atoms with Gasteiger partial charge in [-0.3, -0.25) is 4.98 Å². The van der Waals surface area contributed by atoms with Crippen molar-refractivity contribution in [2.45, 2.75) is 32.9 Å². The Balaban J connectivity index is 1.73. The zero-order valence-electron chi connectivity index (χ0n) is 12.9. The minimum atomic E-state index is 0.888. The minimum absolute atomic E-state index is 0.888. The van der Waals surface area contributed by atoms with Crippen molar-refractivity contribution >= 4 is 11.3 Å². The monoisotopic (exact) mass is 304 g/mol. The molecule has 1 N–H and O–H groups in total. The second-order valence-electron chi connectivity index (χ2n) is 5.25. The fourth-order valence-electron chi connectivity index (χ4n) is 2.10. The summed E-state index contributed by atoms with van der Waals surface area (Å²) in [7, 11) is 2.15. The van der Waals surface area contributed by atoms with Crippen molar-refractivity contribution in [2.75, 3.05) is 20.1 Å². The molecule has 0 aromatic carbocycles. The summed E-state index contributed by atoms with van der Waals surface area (Å²) < 4.78 is 0. The summed E-state index contributed by atoms with van der Waals surface area (Å²) in [6, 6.07) is 4.16. The zero-order valence-corrected chi connectivity index (χ0v) is 13.7. The number of hydrogen-bond acceptors (Lipinski definition) is 5. The summed E-state index contributed by atoms with van der Waals surface area (Å²) in [6.45, 7) is 6.07. The van der Waals surface area contributed by atoms with Crippen LogP contribution in [0.25, 0.3) is 0 Å². The summed E-state index contributed by atoms with van der Waals surface area (Å²) in [5.74, 6) is 0. The maximum Gasteiger partial charge on any atom is 0.107 e. The maximum absolute atomic E-state index is 4.68. The van der Waals surface area contributed by atoms with E-state index >= 15 is 0 Å². The summed E-state index contributed by atoms with van der Waals surface area (Å²) in [5, 5.41) is 6.75. The lowest BCUT2D eigenvalue weighted by Gasteiger charge is -2.14. The first-order valence-electron chi connectivity index (χ1n) is 7.49. The molecule has 0 bridgehead atoms. The standard InChI is InChI=1S/C16H24N4S/c1-3-7-18-11-16-19-15(13-21-16)12-20(2)10-6-14-4-8-17-9-5-14/h4-5,8-9,13,18H,3,6-7,10-12H2,1-2H3. The maximum atomic E-state index is 4.68. The molecule has 0 spiro atoms. The van der Waals surface area contributed by atoms with Crippen LogP contribution in [0.4, 0.5) is 0 Å². The summed E-state index contributed by atoms with van der Waals surface area (Å²) in [5.41, 5.74) is 2.50. The number of likely N-dealkylation sites (N-methyl/N-ethyl adjacent to an activating group) is 1. The molecule has 0 radical (unpaired) electrons. The van der Waals surface area contributed by atoms with E-state index in [4.69, 9.17) is 0 Å².